The minimum atomic E-state index is -0.139. The van der Waals surface area contributed by atoms with Crippen molar-refractivity contribution in [3.8, 4) is 5.75 Å². The van der Waals surface area contributed by atoms with Crippen LogP contribution in [0.25, 0.3) is 21.9 Å². The third-order valence-corrected chi connectivity index (χ3v) is 6.14. The number of carbonyl (C=O) groups is 1. The van der Waals surface area contributed by atoms with E-state index >= 15 is 0 Å². The third-order valence-electron chi connectivity index (χ3n) is 5.12. The molecule has 0 bridgehead atoms. The summed E-state index contributed by atoms with van der Waals surface area (Å²) in [5.74, 6) is 2.22. The minimum Gasteiger partial charge on any atom is -0.495 e. The van der Waals surface area contributed by atoms with Crippen molar-refractivity contribution in [3.05, 3.63) is 42.2 Å². The number of furan rings is 1. The lowest BCUT2D eigenvalue weighted by Crippen LogP contribution is -2.15. The summed E-state index contributed by atoms with van der Waals surface area (Å²) >= 11 is 1.37. The summed E-state index contributed by atoms with van der Waals surface area (Å²) in [7, 11) is 3.54. The number of thioether (sulfide) groups is 1. The molecule has 2 aromatic carbocycles. The Morgan fingerprint density at radius 2 is 2.07 bits per heavy atom. The summed E-state index contributed by atoms with van der Waals surface area (Å²) in [6, 6.07) is 11.5. The van der Waals surface area contributed by atoms with Crippen molar-refractivity contribution < 1.29 is 13.9 Å². The number of carbonyl (C=O) groups excluding carboxylic acids is 1. The number of amides is 1. The summed E-state index contributed by atoms with van der Waals surface area (Å²) in [6.07, 6.45) is 2.34. The molecule has 148 valence electrons. The van der Waals surface area contributed by atoms with Gasteiger partial charge >= 0.3 is 0 Å². The van der Waals surface area contributed by atoms with E-state index in [1.807, 2.05) is 48.0 Å². The van der Waals surface area contributed by atoms with Crippen LogP contribution in [0, 0.1) is 0 Å². The molecule has 8 heteroatoms. The van der Waals surface area contributed by atoms with Gasteiger partial charge in [0.25, 0.3) is 0 Å². The largest absolute Gasteiger partial charge is 0.495 e. The number of fused-ring (bicyclic) bond motifs is 3. The number of hydrogen-bond donors (Lipinski definition) is 1. The van der Waals surface area contributed by atoms with E-state index in [9.17, 15) is 4.79 Å². The zero-order valence-electron chi connectivity index (χ0n) is 16.1. The average molecular weight is 408 g/mol. The molecule has 29 heavy (non-hydrogen) atoms. The van der Waals surface area contributed by atoms with Gasteiger partial charge in [-0.15, -0.1) is 10.2 Å². The number of ether oxygens (including phenoxy) is 1. The van der Waals surface area contributed by atoms with Crippen LogP contribution in [0.2, 0.25) is 0 Å². The maximum atomic E-state index is 12.6. The van der Waals surface area contributed by atoms with E-state index in [0.717, 1.165) is 27.3 Å². The maximum absolute atomic E-state index is 12.6. The summed E-state index contributed by atoms with van der Waals surface area (Å²) in [5, 5.41) is 14.1. The van der Waals surface area contributed by atoms with E-state index in [1.54, 1.807) is 7.11 Å². The number of rotatable bonds is 6. The lowest BCUT2D eigenvalue weighted by molar-refractivity contribution is -0.113. The number of anilines is 1. The second-order valence-corrected chi connectivity index (χ2v) is 8.10. The predicted octanol–water partition coefficient (Wildman–Crippen LogP) is 4.33. The molecule has 0 radical (unpaired) electrons. The second kappa shape index (κ2) is 7.11. The summed E-state index contributed by atoms with van der Waals surface area (Å²) in [6.45, 7) is 0. The van der Waals surface area contributed by atoms with Gasteiger partial charge in [0.1, 0.15) is 22.7 Å². The predicted molar refractivity (Wildman–Crippen MR) is 113 cm³/mol. The highest BCUT2D eigenvalue weighted by molar-refractivity contribution is 7.99. The van der Waals surface area contributed by atoms with Gasteiger partial charge in [-0.05, 0) is 25.0 Å². The SMILES string of the molecule is COc1cc2c(cc1NC(=O)CSc1nnc(C3CC3)n1C)oc1ccccc12. The summed E-state index contributed by atoms with van der Waals surface area (Å²) < 4.78 is 13.4. The van der Waals surface area contributed by atoms with Gasteiger partial charge in [0.2, 0.25) is 5.91 Å². The number of nitrogens with one attached hydrogen (secondary N) is 1. The molecule has 4 aromatic rings. The Hall–Kier alpha value is -3.00. The van der Waals surface area contributed by atoms with Crippen LogP contribution < -0.4 is 10.1 Å². The fourth-order valence-corrected chi connectivity index (χ4v) is 4.20. The molecular formula is C21H20N4O3S. The molecule has 7 nitrogen and oxygen atoms in total. The van der Waals surface area contributed by atoms with Crippen LogP contribution in [-0.2, 0) is 11.8 Å². The van der Waals surface area contributed by atoms with E-state index in [1.165, 1.54) is 24.6 Å². The van der Waals surface area contributed by atoms with E-state index in [4.69, 9.17) is 9.15 Å². The summed E-state index contributed by atoms with van der Waals surface area (Å²) in [4.78, 5) is 12.6. The van der Waals surface area contributed by atoms with Gasteiger partial charge in [-0.25, -0.2) is 0 Å². The van der Waals surface area contributed by atoms with Gasteiger partial charge in [-0.2, -0.15) is 0 Å². The molecule has 1 fully saturated rings. The number of aromatic nitrogens is 3. The van der Waals surface area contributed by atoms with Gasteiger partial charge in [0, 0.05) is 29.8 Å². The molecule has 0 aliphatic heterocycles. The lowest BCUT2D eigenvalue weighted by atomic mass is 10.1. The van der Waals surface area contributed by atoms with Crippen LogP contribution >= 0.6 is 11.8 Å². The molecule has 1 aliphatic carbocycles. The molecule has 0 unspecified atom stereocenters. The number of nitrogens with zero attached hydrogens (tertiary/aromatic N) is 3. The van der Waals surface area contributed by atoms with Crippen molar-refractivity contribution in [1.82, 2.24) is 14.8 Å². The van der Waals surface area contributed by atoms with Crippen molar-refractivity contribution >= 4 is 45.3 Å². The first-order valence-electron chi connectivity index (χ1n) is 9.45. The Morgan fingerprint density at radius 3 is 2.86 bits per heavy atom. The fourth-order valence-electron chi connectivity index (χ4n) is 3.48. The second-order valence-electron chi connectivity index (χ2n) is 7.16. The first-order chi connectivity index (χ1) is 14.1. The fraction of sp³-hybridized carbons (Fsp3) is 0.286. The smallest absolute Gasteiger partial charge is 0.234 e. The van der Waals surface area contributed by atoms with Crippen LogP contribution in [0.1, 0.15) is 24.6 Å². The van der Waals surface area contributed by atoms with Gasteiger partial charge in [-0.1, -0.05) is 30.0 Å². The Balaban J connectivity index is 1.35. The first-order valence-corrected chi connectivity index (χ1v) is 10.4. The van der Waals surface area contributed by atoms with Crippen molar-refractivity contribution in [1.29, 1.82) is 0 Å². The topological polar surface area (TPSA) is 82.2 Å². The van der Waals surface area contributed by atoms with Crippen molar-refractivity contribution in [2.24, 2.45) is 7.05 Å². The Labute approximate surface area is 171 Å². The number of hydrogen-bond acceptors (Lipinski definition) is 6. The van der Waals surface area contributed by atoms with Crippen LogP contribution in [0.15, 0.2) is 46.0 Å². The van der Waals surface area contributed by atoms with Gasteiger partial charge in [-0.3, -0.25) is 4.79 Å². The monoisotopic (exact) mass is 408 g/mol. The Bertz CT molecular complexity index is 1230. The van der Waals surface area contributed by atoms with Gasteiger partial charge < -0.3 is 19.0 Å². The van der Waals surface area contributed by atoms with Crippen LogP contribution in [0.5, 0.6) is 5.75 Å². The van der Waals surface area contributed by atoms with E-state index in [0.29, 0.717) is 22.9 Å². The molecule has 1 aliphatic rings. The summed E-state index contributed by atoms with van der Waals surface area (Å²) in [5.41, 5.74) is 2.09. The molecule has 2 heterocycles. The van der Waals surface area contributed by atoms with Crippen LogP contribution in [-0.4, -0.2) is 33.5 Å². The molecule has 1 saturated carbocycles. The van der Waals surface area contributed by atoms with Crippen LogP contribution in [0.4, 0.5) is 5.69 Å². The molecular weight excluding hydrogens is 388 g/mol. The number of benzene rings is 2. The van der Waals surface area contributed by atoms with E-state index < -0.39 is 0 Å². The highest BCUT2D eigenvalue weighted by Gasteiger charge is 2.29. The van der Waals surface area contributed by atoms with Crippen molar-refractivity contribution in [3.63, 3.8) is 0 Å². The zero-order valence-corrected chi connectivity index (χ0v) is 17.0. The average Bonchev–Trinajstić information content (AvgIpc) is 3.41. The molecule has 0 atom stereocenters. The number of methoxy groups -OCH3 is 1. The Morgan fingerprint density at radius 1 is 1.24 bits per heavy atom. The third kappa shape index (κ3) is 3.33. The standard InChI is InChI=1S/C21H20N4O3S/c1-25-20(12-7-8-12)23-24-21(25)29-11-19(26)22-15-10-17-14(9-18(15)27-2)13-5-3-4-6-16(13)28-17/h3-6,9-10,12H,7-8,11H2,1-2H3,(H,22,26). The quantitative estimate of drug-likeness (QED) is 0.478. The van der Waals surface area contributed by atoms with E-state index in [2.05, 4.69) is 15.5 Å². The van der Waals surface area contributed by atoms with Crippen LogP contribution in [0.3, 0.4) is 0 Å². The Kier molecular flexibility index (Phi) is 4.43. The van der Waals surface area contributed by atoms with E-state index in [-0.39, 0.29) is 11.7 Å². The van der Waals surface area contributed by atoms with Crippen molar-refractivity contribution in [2.45, 2.75) is 23.9 Å². The normalized spacial score (nSPS) is 13.9. The van der Waals surface area contributed by atoms with Gasteiger partial charge in [0.05, 0.1) is 18.6 Å². The van der Waals surface area contributed by atoms with Crippen molar-refractivity contribution in [2.75, 3.05) is 18.2 Å². The highest BCUT2D eigenvalue weighted by atomic mass is 32.2. The molecule has 1 amide bonds. The minimum absolute atomic E-state index is 0.139. The zero-order chi connectivity index (χ0) is 20.0. The highest BCUT2D eigenvalue weighted by Crippen LogP contribution is 2.39. The molecule has 5 rings (SSSR count). The molecule has 0 spiro atoms. The van der Waals surface area contributed by atoms with Gasteiger partial charge in [0.15, 0.2) is 5.16 Å². The first kappa shape index (κ1) is 18.1. The maximum Gasteiger partial charge on any atom is 0.234 e. The molecule has 1 N–H and O–H groups in total. The lowest BCUT2D eigenvalue weighted by Gasteiger charge is -2.10. The molecule has 2 aromatic heterocycles. The number of para-hydroxylation sites is 1. The molecule has 0 saturated heterocycles.